The molecule has 0 heterocycles. The molecule has 0 saturated carbocycles. The molecule has 5 heteroatoms. The number of nitrogens with zero attached hydrogens (tertiary/aromatic N) is 2. The molecule has 0 radical (unpaired) electrons. The third-order valence-electron chi connectivity index (χ3n) is 2.80. The second kappa shape index (κ2) is 6.21. The fraction of sp³-hybridized carbons (Fsp3) is 0.917. The zero-order chi connectivity index (χ0) is 13.7. The highest BCUT2D eigenvalue weighted by molar-refractivity contribution is 5.85. The Morgan fingerprint density at radius 2 is 1.82 bits per heavy atom. The molecule has 0 unspecified atom stereocenters. The first-order valence-electron chi connectivity index (χ1n) is 5.97. The van der Waals surface area contributed by atoms with Crippen LogP contribution >= 0.6 is 0 Å². The second-order valence-electron chi connectivity index (χ2n) is 6.02. The van der Waals surface area contributed by atoms with Crippen LogP contribution in [-0.4, -0.2) is 46.8 Å². The van der Waals surface area contributed by atoms with Crippen molar-refractivity contribution in [2.24, 2.45) is 16.3 Å². The summed E-state index contributed by atoms with van der Waals surface area (Å²) in [5, 5.41) is 21.4. The first-order valence-corrected chi connectivity index (χ1v) is 5.97. The number of nitrogens with two attached hydrogens (primary N) is 1. The molecule has 0 aliphatic heterocycles. The maximum atomic E-state index is 9.66. The van der Waals surface area contributed by atoms with E-state index in [0.29, 0.717) is 6.54 Å². The van der Waals surface area contributed by atoms with Crippen LogP contribution in [-0.2, 0) is 0 Å². The van der Waals surface area contributed by atoms with Crippen LogP contribution in [0, 0.1) is 5.41 Å². The predicted molar refractivity (Wildman–Crippen MR) is 70.2 cm³/mol. The van der Waals surface area contributed by atoms with Gasteiger partial charge in [0, 0.05) is 12.0 Å². The van der Waals surface area contributed by atoms with E-state index in [-0.39, 0.29) is 11.3 Å². The summed E-state index contributed by atoms with van der Waals surface area (Å²) in [6.07, 6.45) is 1.79. The van der Waals surface area contributed by atoms with Crippen molar-refractivity contribution in [3.05, 3.63) is 0 Å². The van der Waals surface area contributed by atoms with E-state index in [2.05, 4.69) is 10.1 Å². The standard InChI is InChI=1S/C12H27N3O2/c1-11(2,10(13)14-17)7-6-8-15(5)9-12(3,4)16/h16-17H,6-9H2,1-5H3,(H2,13,14). The van der Waals surface area contributed by atoms with Gasteiger partial charge in [-0.05, 0) is 40.3 Å². The van der Waals surface area contributed by atoms with Crippen LogP contribution in [0.4, 0.5) is 0 Å². The number of rotatable bonds is 7. The summed E-state index contributed by atoms with van der Waals surface area (Å²) in [7, 11) is 1.98. The Labute approximate surface area is 104 Å². The molecular weight excluding hydrogens is 218 g/mol. The summed E-state index contributed by atoms with van der Waals surface area (Å²) in [6, 6.07) is 0. The Morgan fingerprint density at radius 1 is 1.29 bits per heavy atom. The van der Waals surface area contributed by atoms with Crippen LogP contribution in [0.5, 0.6) is 0 Å². The number of hydrogen-bond donors (Lipinski definition) is 3. The third kappa shape index (κ3) is 7.18. The highest BCUT2D eigenvalue weighted by Crippen LogP contribution is 2.22. The lowest BCUT2D eigenvalue weighted by Crippen LogP contribution is -2.37. The van der Waals surface area contributed by atoms with Gasteiger partial charge in [0.25, 0.3) is 0 Å². The Bertz CT molecular complexity index is 257. The quantitative estimate of drug-likeness (QED) is 0.273. The normalized spacial score (nSPS) is 14.4. The summed E-state index contributed by atoms with van der Waals surface area (Å²) in [5.41, 5.74) is 4.66. The van der Waals surface area contributed by atoms with E-state index < -0.39 is 5.60 Å². The van der Waals surface area contributed by atoms with Gasteiger partial charge in [-0.15, -0.1) is 0 Å². The summed E-state index contributed by atoms with van der Waals surface area (Å²) >= 11 is 0. The van der Waals surface area contributed by atoms with Gasteiger partial charge in [-0.3, -0.25) is 0 Å². The lowest BCUT2D eigenvalue weighted by atomic mass is 9.86. The molecule has 0 fully saturated rings. The number of hydrogen-bond acceptors (Lipinski definition) is 4. The van der Waals surface area contributed by atoms with Crippen LogP contribution in [0.3, 0.4) is 0 Å². The monoisotopic (exact) mass is 245 g/mol. The molecule has 0 aromatic carbocycles. The van der Waals surface area contributed by atoms with E-state index in [1.54, 1.807) is 13.8 Å². The average molecular weight is 245 g/mol. The molecule has 0 aliphatic carbocycles. The summed E-state index contributed by atoms with van der Waals surface area (Å²) < 4.78 is 0. The fourth-order valence-electron chi connectivity index (χ4n) is 1.79. The van der Waals surface area contributed by atoms with Crippen LogP contribution in [0.25, 0.3) is 0 Å². The van der Waals surface area contributed by atoms with E-state index in [4.69, 9.17) is 10.9 Å². The maximum Gasteiger partial charge on any atom is 0.144 e. The third-order valence-corrected chi connectivity index (χ3v) is 2.80. The molecule has 0 atom stereocenters. The van der Waals surface area contributed by atoms with Crippen molar-refractivity contribution in [3.8, 4) is 0 Å². The molecule has 0 aromatic rings. The molecule has 0 rings (SSSR count). The Kier molecular flexibility index (Phi) is 5.92. The van der Waals surface area contributed by atoms with Crippen molar-refractivity contribution in [1.82, 2.24) is 4.90 Å². The van der Waals surface area contributed by atoms with Gasteiger partial charge in [0.1, 0.15) is 5.84 Å². The van der Waals surface area contributed by atoms with Gasteiger partial charge < -0.3 is 20.9 Å². The predicted octanol–water partition coefficient (Wildman–Crippen LogP) is 1.24. The molecule has 17 heavy (non-hydrogen) atoms. The Morgan fingerprint density at radius 3 is 2.24 bits per heavy atom. The van der Waals surface area contributed by atoms with Crippen LogP contribution in [0.15, 0.2) is 5.16 Å². The molecular formula is C12H27N3O2. The number of amidine groups is 1. The van der Waals surface area contributed by atoms with Gasteiger partial charge in [-0.2, -0.15) is 0 Å². The molecule has 0 spiro atoms. The molecule has 0 aliphatic rings. The number of oxime groups is 1. The first-order chi connectivity index (χ1) is 7.58. The van der Waals surface area contributed by atoms with Gasteiger partial charge in [0.15, 0.2) is 0 Å². The smallest absolute Gasteiger partial charge is 0.144 e. The second-order valence-corrected chi connectivity index (χ2v) is 6.02. The molecule has 0 aromatic heterocycles. The van der Waals surface area contributed by atoms with Gasteiger partial charge in [-0.25, -0.2) is 0 Å². The molecule has 0 amide bonds. The fourth-order valence-corrected chi connectivity index (χ4v) is 1.79. The minimum atomic E-state index is -0.671. The number of aliphatic hydroxyl groups is 1. The van der Waals surface area contributed by atoms with Crippen molar-refractivity contribution >= 4 is 5.84 Å². The largest absolute Gasteiger partial charge is 0.409 e. The highest BCUT2D eigenvalue weighted by Gasteiger charge is 2.23. The summed E-state index contributed by atoms with van der Waals surface area (Å²) in [4.78, 5) is 2.09. The van der Waals surface area contributed by atoms with Crippen molar-refractivity contribution in [2.45, 2.75) is 46.1 Å². The molecule has 0 saturated heterocycles. The molecule has 102 valence electrons. The lowest BCUT2D eigenvalue weighted by molar-refractivity contribution is 0.0438. The molecule has 4 N–H and O–H groups in total. The first kappa shape index (κ1) is 16.2. The van der Waals surface area contributed by atoms with Gasteiger partial charge >= 0.3 is 0 Å². The molecule has 5 nitrogen and oxygen atoms in total. The van der Waals surface area contributed by atoms with Gasteiger partial charge in [0.2, 0.25) is 0 Å². The Hall–Kier alpha value is -0.810. The van der Waals surface area contributed by atoms with Crippen molar-refractivity contribution in [3.63, 3.8) is 0 Å². The SMILES string of the molecule is CN(CCCC(C)(C)C(N)=NO)CC(C)(C)O. The van der Waals surface area contributed by atoms with Crippen LogP contribution in [0.1, 0.15) is 40.5 Å². The summed E-state index contributed by atoms with van der Waals surface area (Å²) in [5.74, 6) is 0.266. The van der Waals surface area contributed by atoms with Gasteiger partial charge in [-0.1, -0.05) is 19.0 Å². The van der Waals surface area contributed by atoms with Crippen molar-refractivity contribution < 1.29 is 10.3 Å². The zero-order valence-corrected chi connectivity index (χ0v) is 11.7. The van der Waals surface area contributed by atoms with Crippen LogP contribution < -0.4 is 5.73 Å². The Balaban J connectivity index is 4.00. The van der Waals surface area contributed by atoms with Gasteiger partial charge in [0.05, 0.1) is 5.60 Å². The topological polar surface area (TPSA) is 82.1 Å². The van der Waals surface area contributed by atoms with Crippen molar-refractivity contribution in [1.29, 1.82) is 0 Å². The zero-order valence-electron chi connectivity index (χ0n) is 11.7. The van der Waals surface area contributed by atoms with E-state index in [1.165, 1.54) is 0 Å². The minimum Gasteiger partial charge on any atom is -0.409 e. The van der Waals surface area contributed by atoms with E-state index >= 15 is 0 Å². The van der Waals surface area contributed by atoms with E-state index in [1.807, 2.05) is 20.9 Å². The van der Waals surface area contributed by atoms with Crippen LogP contribution in [0.2, 0.25) is 0 Å². The van der Waals surface area contributed by atoms with E-state index in [0.717, 1.165) is 19.4 Å². The average Bonchev–Trinajstić information content (AvgIpc) is 2.13. The lowest BCUT2D eigenvalue weighted by Gasteiger charge is -2.27. The van der Waals surface area contributed by atoms with E-state index in [9.17, 15) is 5.11 Å². The maximum absolute atomic E-state index is 9.66. The van der Waals surface area contributed by atoms with Crippen molar-refractivity contribution in [2.75, 3.05) is 20.1 Å². The molecule has 0 bridgehead atoms. The highest BCUT2D eigenvalue weighted by atomic mass is 16.4. The number of likely N-dealkylation sites (N-methyl/N-ethyl adjacent to an activating group) is 1. The minimum absolute atomic E-state index is 0.266. The summed E-state index contributed by atoms with van der Waals surface area (Å²) in [6.45, 7) is 9.02.